The summed E-state index contributed by atoms with van der Waals surface area (Å²) in [7, 11) is 3.48. The fraction of sp³-hybridized carbons (Fsp3) is 0.538. The van der Waals surface area contributed by atoms with Crippen LogP contribution in [0.25, 0.3) is 0 Å². The molecule has 1 aromatic heterocycles. The Kier molecular flexibility index (Phi) is 3.81. The largest absolute Gasteiger partial charge is 0.357 e. The molecule has 5 heteroatoms. The second kappa shape index (κ2) is 5.35. The van der Waals surface area contributed by atoms with Gasteiger partial charge in [-0.3, -0.25) is 4.79 Å². The van der Waals surface area contributed by atoms with Crippen molar-refractivity contribution < 1.29 is 4.79 Å². The Morgan fingerprint density at radius 1 is 1.39 bits per heavy atom. The van der Waals surface area contributed by atoms with Gasteiger partial charge in [-0.1, -0.05) is 0 Å². The Morgan fingerprint density at radius 2 is 2.06 bits per heavy atom. The molecule has 2 N–H and O–H groups in total. The monoisotopic (exact) mass is 248 g/mol. The molecule has 0 atom stereocenters. The van der Waals surface area contributed by atoms with Gasteiger partial charge in [0.25, 0.3) is 5.91 Å². The van der Waals surface area contributed by atoms with E-state index in [2.05, 4.69) is 9.88 Å². The number of aromatic nitrogens is 1. The van der Waals surface area contributed by atoms with E-state index in [1.165, 1.54) is 0 Å². The van der Waals surface area contributed by atoms with Gasteiger partial charge in [-0.15, -0.1) is 0 Å². The van der Waals surface area contributed by atoms with Gasteiger partial charge in [0, 0.05) is 39.4 Å². The fourth-order valence-corrected chi connectivity index (χ4v) is 2.09. The van der Waals surface area contributed by atoms with Gasteiger partial charge >= 0.3 is 0 Å². The normalized spacial score (nSPS) is 16.7. The van der Waals surface area contributed by atoms with Crippen LogP contribution in [0.2, 0.25) is 0 Å². The minimum atomic E-state index is -0.0188. The standard InChI is InChI=1S/C13H20N4O/c1-16(2)13(18)10-3-4-12(15-9-10)17-7-5-11(14)6-8-17/h3-4,9,11H,5-8,14H2,1-2H3. The molecule has 2 rings (SSSR count). The predicted molar refractivity (Wildman–Crippen MR) is 71.7 cm³/mol. The van der Waals surface area contributed by atoms with Gasteiger partial charge < -0.3 is 15.5 Å². The highest BCUT2D eigenvalue weighted by Crippen LogP contribution is 2.17. The second-order valence-corrected chi connectivity index (χ2v) is 4.93. The van der Waals surface area contributed by atoms with Crippen LogP contribution >= 0.6 is 0 Å². The molecule has 98 valence electrons. The van der Waals surface area contributed by atoms with Gasteiger partial charge in [0.05, 0.1) is 5.56 Å². The molecule has 0 aromatic carbocycles. The quantitative estimate of drug-likeness (QED) is 0.837. The van der Waals surface area contributed by atoms with Crippen LogP contribution in [0.5, 0.6) is 0 Å². The molecule has 0 aliphatic carbocycles. The molecule has 1 saturated heterocycles. The van der Waals surface area contributed by atoms with Gasteiger partial charge in [-0.2, -0.15) is 0 Å². The summed E-state index contributed by atoms with van der Waals surface area (Å²) in [4.78, 5) is 19.9. The highest BCUT2D eigenvalue weighted by molar-refractivity contribution is 5.93. The van der Waals surface area contributed by atoms with Gasteiger partial charge in [-0.25, -0.2) is 4.98 Å². The van der Waals surface area contributed by atoms with E-state index in [4.69, 9.17) is 5.73 Å². The topological polar surface area (TPSA) is 62.5 Å². The van der Waals surface area contributed by atoms with Crippen LogP contribution in [0.4, 0.5) is 5.82 Å². The minimum absolute atomic E-state index is 0.0188. The van der Waals surface area contributed by atoms with E-state index < -0.39 is 0 Å². The molecule has 0 saturated carbocycles. The smallest absolute Gasteiger partial charge is 0.254 e. The SMILES string of the molecule is CN(C)C(=O)c1ccc(N2CCC(N)CC2)nc1. The molecule has 1 aliphatic heterocycles. The van der Waals surface area contributed by atoms with Gasteiger partial charge in [0.2, 0.25) is 0 Å². The molecule has 5 nitrogen and oxygen atoms in total. The number of rotatable bonds is 2. The molecule has 1 aromatic rings. The molecular weight excluding hydrogens is 228 g/mol. The lowest BCUT2D eigenvalue weighted by atomic mass is 10.1. The summed E-state index contributed by atoms with van der Waals surface area (Å²) in [5.74, 6) is 0.909. The zero-order valence-corrected chi connectivity index (χ0v) is 11.0. The molecular formula is C13H20N4O. The first-order chi connectivity index (χ1) is 8.58. The molecule has 18 heavy (non-hydrogen) atoms. The number of carbonyl (C=O) groups is 1. The van der Waals surface area contributed by atoms with Crippen LogP contribution in [0.1, 0.15) is 23.2 Å². The van der Waals surface area contributed by atoms with Crippen LogP contribution in [-0.2, 0) is 0 Å². The molecule has 1 fully saturated rings. The minimum Gasteiger partial charge on any atom is -0.357 e. The lowest BCUT2D eigenvalue weighted by molar-refractivity contribution is 0.0827. The number of pyridine rings is 1. The lowest BCUT2D eigenvalue weighted by Gasteiger charge is -2.31. The van der Waals surface area contributed by atoms with Crippen molar-refractivity contribution in [3.8, 4) is 0 Å². The second-order valence-electron chi connectivity index (χ2n) is 4.93. The van der Waals surface area contributed by atoms with Crippen molar-refractivity contribution in [2.45, 2.75) is 18.9 Å². The van der Waals surface area contributed by atoms with Gasteiger partial charge in [0.15, 0.2) is 0 Å². The van der Waals surface area contributed by atoms with E-state index in [9.17, 15) is 4.79 Å². The van der Waals surface area contributed by atoms with Gasteiger partial charge in [-0.05, 0) is 25.0 Å². The van der Waals surface area contributed by atoms with Crippen LogP contribution in [-0.4, -0.2) is 49.0 Å². The summed E-state index contributed by atoms with van der Waals surface area (Å²) in [5.41, 5.74) is 6.50. The van der Waals surface area contributed by atoms with Gasteiger partial charge in [0.1, 0.15) is 5.82 Å². The first kappa shape index (κ1) is 12.8. The molecule has 2 heterocycles. The van der Waals surface area contributed by atoms with Crippen molar-refractivity contribution in [3.63, 3.8) is 0 Å². The third-order valence-electron chi connectivity index (χ3n) is 3.26. The number of anilines is 1. The van der Waals surface area contributed by atoms with E-state index in [0.717, 1.165) is 31.7 Å². The number of piperidine rings is 1. The van der Waals surface area contributed by atoms with Crippen molar-refractivity contribution in [1.29, 1.82) is 0 Å². The summed E-state index contributed by atoms with van der Waals surface area (Å²) >= 11 is 0. The summed E-state index contributed by atoms with van der Waals surface area (Å²) in [5, 5.41) is 0. The molecule has 1 aliphatic rings. The van der Waals surface area contributed by atoms with Crippen molar-refractivity contribution in [2.24, 2.45) is 5.73 Å². The summed E-state index contributed by atoms with van der Waals surface area (Å²) in [6.45, 7) is 1.88. The Morgan fingerprint density at radius 3 is 2.56 bits per heavy atom. The Labute approximate surface area is 108 Å². The maximum absolute atomic E-state index is 11.7. The van der Waals surface area contributed by atoms with Crippen molar-refractivity contribution >= 4 is 11.7 Å². The Bertz CT molecular complexity index is 408. The number of nitrogens with two attached hydrogens (primary N) is 1. The zero-order valence-electron chi connectivity index (χ0n) is 11.0. The van der Waals surface area contributed by atoms with Crippen LogP contribution in [0, 0.1) is 0 Å². The zero-order chi connectivity index (χ0) is 13.1. The first-order valence-corrected chi connectivity index (χ1v) is 6.26. The van der Waals surface area contributed by atoms with Crippen molar-refractivity contribution in [2.75, 3.05) is 32.1 Å². The van der Waals surface area contributed by atoms with E-state index in [0.29, 0.717) is 11.6 Å². The maximum Gasteiger partial charge on any atom is 0.254 e. The summed E-state index contributed by atoms with van der Waals surface area (Å²) < 4.78 is 0. The molecule has 0 bridgehead atoms. The Balaban J connectivity index is 2.06. The van der Waals surface area contributed by atoms with Crippen LogP contribution < -0.4 is 10.6 Å². The fourth-order valence-electron chi connectivity index (χ4n) is 2.09. The lowest BCUT2D eigenvalue weighted by Crippen LogP contribution is -2.40. The van der Waals surface area contributed by atoms with E-state index in [1.807, 2.05) is 12.1 Å². The number of hydrogen-bond donors (Lipinski definition) is 1. The average Bonchev–Trinajstić information content (AvgIpc) is 2.39. The van der Waals surface area contributed by atoms with Crippen LogP contribution in [0.15, 0.2) is 18.3 Å². The number of amides is 1. The molecule has 1 amide bonds. The molecule has 0 radical (unpaired) electrons. The summed E-state index contributed by atoms with van der Waals surface area (Å²) in [6, 6.07) is 4.06. The number of nitrogens with zero attached hydrogens (tertiary/aromatic N) is 3. The first-order valence-electron chi connectivity index (χ1n) is 6.26. The van der Waals surface area contributed by atoms with Crippen molar-refractivity contribution in [3.05, 3.63) is 23.9 Å². The molecule has 0 spiro atoms. The molecule has 0 unspecified atom stereocenters. The summed E-state index contributed by atoms with van der Waals surface area (Å²) in [6.07, 6.45) is 3.65. The highest BCUT2D eigenvalue weighted by Gasteiger charge is 2.17. The predicted octanol–water partition coefficient (Wildman–Crippen LogP) is 0.711. The van der Waals surface area contributed by atoms with E-state index in [1.54, 1.807) is 25.2 Å². The number of carbonyl (C=O) groups excluding carboxylic acids is 1. The Hall–Kier alpha value is -1.62. The third-order valence-corrected chi connectivity index (χ3v) is 3.26. The number of hydrogen-bond acceptors (Lipinski definition) is 4. The maximum atomic E-state index is 11.7. The third kappa shape index (κ3) is 2.79. The highest BCUT2D eigenvalue weighted by atomic mass is 16.2. The van der Waals surface area contributed by atoms with E-state index in [-0.39, 0.29) is 5.91 Å². The van der Waals surface area contributed by atoms with Crippen LogP contribution in [0.3, 0.4) is 0 Å². The average molecular weight is 248 g/mol. The van der Waals surface area contributed by atoms with E-state index >= 15 is 0 Å². The van der Waals surface area contributed by atoms with Crippen molar-refractivity contribution in [1.82, 2.24) is 9.88 Å².